The summed E-state index contributed by atoms with van der Waals surface area (Å²) in [5.41, 5.74) is 0.402. The van der Waals surface area contributed by atoms with Gasteiger partial charge in [0.2, 0.25) is 26.0 Å². The highest BCUT2D eigenvalue weighted by atomic mass is 32.2. The lowest BCUT2D eigenvalue weighted by Crippen LogP contribution is -2.30. The van der Waals surface area contributed by atoms with Crippen molar-refractivity contribution in [2.75, 3.05) is 14.8 Å². The van der Waals surface area contributed by atoms with E-state index in [1.54, 1.807) is 0 Å². The quantitative estimate of drug-likeness (QED) is 0.648. The molecule has 1 saturated heterocycles. The number of amides is 1. The zero-order valence-electron chi connectivity index (χ0n) is 15.9. The Morgan fingerprint density at radius 2 is 1.67 bits per heavy atom. The fourth-order valence-electron chi connectivity index (χ4n) is 3.07. The number of nitrogens with one attached hydrogen (secondary N) is 1. The number of benzene rings is 2. The lowest BCUT2D eigenvalue weighted by Gasteiger charge is -2.17. The summed E-state index contributed by atoms with van der Waals surface area (Å²) < 4.78 is 75.5. The third-order valence-corrected chi connectivity index (χ3v) is 8.82. The number of nitrogens with zero attached hydrogens (tertiary/aromatic N) is 1. The first-order valence-electron chi connectivity index (χ1n) is 8.55. The standard InChI is InChI=1S/C17H19N3O7S3/c1-11-9-14(20-17(21)12(2)10-28(20,22)23)5-8-16(11)30(26,27)19-13-3-6-15(7-4-13)29(18,24)25/h3-9,12,19H,10H2,1-2H3,(H2,18,24,25). The Balaban J connectivity index is 1.92. The molecule has 13 heteroatoms. The van der Waals surface area contributed by atoms with Gasteiger partial charge < -0.3 is 0 Å². The van der Waals surface area contributed by atoms with Gasteiger partial charge in [-0.1, -0.05) is 6.92 Å². The third-order valence-electron chi connectivity index (χ3n) is 4.48. The second kappa shape index (κ2) is 7.34. The summed E-state index contributed by atoms with van der Waals surface area (Å²) in [6.45, 7) is 2.98. The highest BCUT2D eigenvalue weighted by Crippen LogP contribution is 2.31. The van der Waals surface area contributed by atoms with Gasteiger partial charge in [0.05, 0.1) is 27.1 Å². The second-order valence-electron chi connectivity index (χ2n) is 6.91. The number of sulfonamides is 3. The Bertz CT molecular complexity index is 1330. The molecule has 0 saturated carbocycles. The number of anilines is 2. The molecule has 2 aromatic rings. The van der Waals surface area contributed by atoms with Gasteiger partial charge in [-0.15, -0.1) is 0 Å². The van der Waals surface area contributed by atoms with Crippen LogP contribution >= 0.6 is 0 Å². The number of carbonyl (C=O) groups is 1. The summed E-state index contributed by atoms with van der Waals surface area (Å²) >= 11 is 0. The number of rotatable bonds is 5. The maximum absolute atomic E-state index is 12.7. The van der Waals surface area contributed by atoms with Gasteiger partial charge >= 0.3 is 0 Å². The van der Waals surface area contributed by atoms with Crippen molar-refractivity contribution in [2.24, 2.45) is 11.1 Å². The lowest BCUT2D eigenvalue weighted by molar-refractivity contribution is -0.119. The van der Waals surface area contributed by atoms with E-state index in [9.17, 15) is 30.0 Å². The Morgan fingerprint density at radius 1 is 1.07 bits per heavy atom. The van der Waals surface area contributed by atoms with E-state index in [2.05, 4.69) is 4.72 Å². The van der Waals surface area contributed by atoms with E-state index in [4.69, 9.17) is 5.14 Å². The molecule has 0 spiro atoms. The fourth-order valence-corrected chi connectivity index (χ4v) is 6.69. The van der Waals surface area contributed by atoms with Crippen molar-refractivity contribution >= 4 is 47.4 Å². The topological polar surface area (TPSA) is 161 Å². The molecule has 0 aliphatic carbocycles. The van der Waals surface area contributed by atoms with E-state index in [0.29, 0.717) is 4.31 Å². The van der Waals surface area contributed by atoms with Crippen LogP contribution in [0.2, 0.25) is 0 Å². The predicted molar refractivity (Wildman–Crippen MR) is 110 cm³/mol. The van der Waals surface area contributed by atoms with Gasteiger partial charge in [0.25, 0.3) is 10.0 Å². The SMILES string of the molecule is Cc1cc(N2C(=O)C(C)CS2(=O)=O)ccc1S(=O)(=O)Nc1ccc(S(N)(=O)=O)cc1. The number of primary sulfonamides is 1. The molecule has 3 N–H and O–H groups in total. The molecule has 1 aliphatic rings. The molecular weight excluding hydrogens is 454 g/mol. The number of nitrogens with two attached hydrogens (primary N) is 1. The monoisotopic (exact) mass is 473 g/mol. The Morgan fingerprint density at radius 3 is 2.13 bits per heavy atom. The summed E-state index contributed by atoms with van der Waals surface area (Å²) in [6.07, 6.45) is 0. The van der Waals surface area contributed by atoms with Crippen LogP contribution in [0.1, 0.15) is 12.5 Å². The molecule has 1 aliphatic heterocycles. The van der Waals surface area contributed by atoms with E-state index in [0.717, 1.165) is 12.1 Å². The maximum Gasteiger partial charge on any atom is 0.262 e. The molecule has 1 heterocycles. The van der Waals surface area contributed by atoms with Gasteiger partial charge in [0.15, 0.2) is 0 Å². The summed E-state index contributed by atoms with van der Waals surface area (Å²) in [5, 5.41) is 5.01. The van der Waals surface area contributed by atoms with Crippen LogP contribution in [0.25, 0.3) is 0 Å². The Labute approximate surface area is 174 Å². The van der Waals surface area contributed by atoms with Crippen molar-refractivity contribution < 1.29 is 30.0 Å². The first-order valence-corrected chi connectivity index (χ1v) is 13.2. The zero-order chi connectivity index (χ0) is 22.5. The smallest absolute Gasteiger partial charge is 0.262 e. The van der Waals surface area contributed by atoms with Gasteiger partial charge in [-0.25, -0.2) is 34.7 Å². The molecule has 162 valence electrons. The minimum atomic E-state index is -4.07. The third kappa shape index (κ3) is 4.19. The van der Waals surface area contributed by atoms with Crippen molar-refractivity contribution in [3.63, 3.8) is 0 Å². The molecule has 1 atom stereocenters. The molecule has 0 bridgehead atoms. The van der Waals surface area contributed by atoms with Crippen molar-refractivity contribution in [2.45, 2.75) is 23.6 Å². The lowest BCUT2D eigenvalue weighted by atomic mass is 10.2. The summed E-state index contributed by atoms with van der Waals surface area (Å²) in [4.78, 5) is 11.9. The molecule has 10 nitrogen and oxygen atoms in total. The van der Waals surface area contributed by atoms with Crippen LogP contribution in [0, 0.1) is 12.8 Å². The van der Waals surface area contributed by atoms with Gasteiger partial charge in [-0.2, -0.15) is 0 Å². The molecule has 0 radical (unpaired) electrons. The molecule has 1 fully saturated rings. The first kappa shape index (κ1) is 22.2. The van der Waals surface area contributed by atoms with Gasteiger partial charge in [0, 0.05) is 5.69 Å². The van der Waals surface area contributed by atoms with E-state index in [-0.39, 0.29) is 32.5 Å². The van der Waals surface area contributed by atoms with Crippen LogP contribution in [0.5, 0.6) is 0 Å². The summed E-state index contributed by atoms with van der Waals surface area (Å²) in [5.74, 6) is -1.56. The molecule has 3 rings (SSSR count). The molecule has 1 amide bonds. The van der Waals surface area contributed by atoms with E-state index in [1.165, 1.54) is 44.2 Å². The number of hydrogen-bond donors (Lipinski definition) is 2. The van der Waals surface area contributed by atoms with Crippen LogP contribution < -0.4 is 14.2 Å². The molecular formula is C17H19N3O7S3. The summed E-state index contributed by atoms with van der Waals surface area (Å²) in [6, 6.07) is 8.58. The van der Waals surface area contributed by atoms with Crippen LogP contribution in [0.3, 0.4) is 0 Å². The van der Waals surface area contributed by atoms with Gasteiger partial charge in [-0.05, 0) is 55.0 Å². The molecule has 0 aromatic heterocycles. The minimum Gasteiger partial charge on any atom is -0.280 e. The van der Waals surface area contributed by atoms with Gasteiger partial charge in [0.1, 0.15) is 0 Å². The maximum atomic E-state index is 12.7. The summed E-state index contributed by atoms with van der Waals surface area (Å²) in [7, 11) is -11.8. The van der Waals surface area contributed by atoms with Crippen LogP contribution in [0.4, 0.5) is 11.4 Å². The molecule has 2 aromatic carbocycles. The average Bonchev–Trinajstić information content (AvgIpc) is 2.81. The van der Waals surface area contributed by atoms with E-state index >= 15 is 0 Å². The number of hydrogen-bond acceptors (Lipinski definition) is 7. The van der Waals surface area contributed by atoms with Crippen molar-refractivity contribution in [3.8, 4) is 0 Å². The average molecular weight is 474 g/mol. The molecule has 30 heavy (non-hydrogen) atoms. The fraction of sp³-hybridized carbons (Fsp3) is 0.235. The highest BCUT2D eigenvalue weighted by molar-refractivity contribution is 7.94. The first-order chi connectivity index (χ1) is 13.7. The predicted octanol–water partition coefficient (Wildman–Crippen LogP) is 0.756. The number of carbonyl (C=O) groups excluding carboxylic acids is 1. The van der Waals surface area contributed by atoms with E-state index in [1.807, 2.05) is 0 Å². The Kier molecular flexibility index (Phi) is 5.43. The molecule has 1 unspecified atom stereocenters. The van der Waals surface area contributed by atoms with Gasteiger partial charge in [-0.3, -0.25) is 9.52 Å². The zero-order valence-corrected chi connectivity index (χ0v) is 18.4. The van der Waals surface area contributed by atoms with Crippen molar-refractivity contribution in [1.29, 1.82) is 0 Å². The van der Waals surface area contributed by atoms with Crippen molar-refractivity contribution in [3.05, 3.63) is 48.0 Å². The van der Waals surface area contributed by atoms with Crippen molar-refractivity contribution in [1.82, 2.24) is 0 Å². The normalized spacial score (nSPS) is 19.1. The Hall–Kier alpha value is -2.48. The van der Waals surface area contributed by atoms with Crippen LogP contribution in [0.15, 0.2) is 52.3 Å². The largest absolute Gasteiger partial charge is 0.280 e. The second-order valence-corrected chi connectivity index (χ2v) is 12.0. The van der Waals surface area contributed by atoms with Crippen LogP contribution in [-0.4, -0.2) is 36.9 Å². The van der Waals surface area contributed by atoms with E-state index < -0.39 is 41.9 Å². The van der Waals surface area contributed by atoms with Crippen LogP contribution in [-0.2, 0) is 34.9 Å². The minimum absolute atomic E-state index is 0.0679. The number of aryl methyl sites for hydroxylation is 1. The highest BCUT2D eigenvalue weighted by Gasteiger charge is 2.42.